The van der Waals surface area contributed by atoms with Crippen molar-refractivity contribution in [2.75, 3.05) is 6.61 Å². The van der Waals surface area contributed by atoms with E-state index in [4.69, 9.17) is 4.74 Å². The number of amides is 1. The Morgan fingerprint density at radius 3 is 2.95 bits per heavy atom. The summed E-state index contributed by atoms with van der Waals surface area (Å²) >= 11 is 0. The van der Waals surface area contributed by atoms with Gasteiger partial charge in [0.2, 0.25) is 5.91 Å². The molecule has 2 N–H and O–H groups in total. The number of carbonyl (C=O) groups excluding carboxylic acids is 1. The van der Waals surface area contributed by atoms with Crippen LogP contribution in [-0.2, 0) is 11.2 Å². The number of carbonyl (C=O) groups is 1. The lowest BCUT2D eigenvalue weighted by Crippen LogP contribution is -2.50. The smallest absolute Gasteiger partial charge is 0.244 e. The third-order valence-electron chi connectivity index (χ3n) is 3.63. The zero-order valence-electron chi connectivity index (χ0n) is 12.1. The lowest BCUT2D eigenvalue weighted by Gasteiger charge is -2.28. The molecule has 1 aromatic rings. The third-order valence-corrected chi connectivity index (χ3v) is 3.63. The van der Waals surface area contributed by atoms with Crippen LogP contribution < -0.4 is 10.1 Å². The van der Waals surface area contributed by atoms with Crippen LogP contribution in [-0.4, -0.2) is 29.3 Å². The average molecular weight is 275 g/mol. The second kappa shape index (κ2) is 5.67. The van der Waals surface area contributed by atoms with E-state index in [0.717, 1.165) is 24.3 Å². The molecule has 1 aromatic carbocycles. The number of hydrogen-bond acceptors (Lipinski definition) is 3. The van der Waals surface area contributed by atoms with Crippen LogP contribution in [0, 0.1) is 0 Å². The summed E-state index contributed by atoms with van der Waals surface area (Å²) in [5.74, 6) is 0.717. The van der Waals surface area contributed by atoms with E-state index in [1.54, 1.807) is 26.8 Å². The van der Waals surface area contributed by atoms with Gasteiger partial charge in [0.05, 0.1) is 18.2 Å². The average Bonchev–Trinajstić information content (AvgIpc) is 2.82. The molecule has 4 nitrogen and oxygen atoms in total. The first kappa shape index (κ1) is 14.6. The number of fused-ring (bicyclic) bond motifs is 1. The predicted octanol–water partition coefficient (Wildman–Crippen LogP) is 1.91. The molecule has 1 atom stereocenters. The molecule has 108 valence electrons. The number of hydrogen-bond donors (Lipinski definition) is 2. The van der Waals surface area contributed by atoms with Crippen LogP contribution in [0.3, 0.4) is 0 Å². The maximum absolute atomic E-state index is 11.8. The monoisotopic (exact) mass is 275 g/mol. The van der Waals surface area contributed by atoms with Crippen molar-refractivity contribution in [3.63, 3.8) is 0 Å². The van der Waals surface area contributed by atoms with Crippen LogP contribution in [0.1, 0.15) is 31.9 Å². The van der Waals surface area contributed by atoms with Crippen LogP contribution in [0.4, 0.5) is 0 Å². The highest BCUT2D eigenvalue weighted by molar-refractivity contribution is 5.92. The van der Waals surface area contributed by atoms with Gasteiger partial charge in [0.25, 0.3) is 0 Å². The fraction of sp³-hybridized carbons (Fsp3) is 0.438. The molecule has 20 heavy (non-hydrogen) atoms. The van der Waals surface area contributed by atoms with E-state index in [9.17, 15) is 9.90 Å². The summed E-state index contributed by atoms with van der Waals surface area (Å²) in [6.07, 6.45) is 3.56. The molecule has 1 aliphatic rings. The zero-order chi connectivity index (χ0) is 14.8. The first-order chi connectivity index (χ1) is 9.38. The first-order valence-corrected chi connectivity index (χ1v) is 6.82. The van der Waals surface area contributed by atoms with Crippen LogP contribution in [0.25, 0.3) is 6.08 Å². The van der Waals surface area contributed by atoms with Gasteiger partial charge in [-0.25, -0.2) is 0 Å². The standard InChI is InChI=1S/C16H21NO3/c1-11(18)16(2,3)17-15(19)7-5-12-4-6-14-13(10-12)8-9-20-14/h4-7,10-11,18H,8-9H2,1-3H3,(H,17,19)/b7-5+. The van der Waals surface area contributed by atoms with E-state index in [2.05, 4.69) is 5.32 Å². The van der Waals surface area contributed by atoms with Crippen LogP contribution in [0.5, 0.6) is 5.75 Å². The second-order valence-corrected chi connectivity index (χ2v) is 5.69. The minimum absolute atomic E-state index is 0.215. The van der Waals surface area contributed by atoms with Gasteiger partial charge in [-0.05, 0) is 50.1 Å². The molecule has 0 spiro atoms. The fourth-order valence-corrected chi connectivity index (χ4v) is 1.95. The summed E-state index contributed by atoms with van der Waals surface area (Å²) in [6, 6.07) is 5.89. The van der Waals surface area contributed by atoms with Gasteiger partial charge in [-0.15, -0.1) is 0 Å². The van der Waals surface area contributed by atoms with Crippen LogP contribution >= 0.6 is 0 Å². The quantitative estimate of drug-likeness (QED) is 0.825. The van der Waals surface area contributed by atoms with E-state index in [0.29, 0.717) is 0 Å². The lowest BCUT2D eigenvalue weighted by molar-refractivity contribution is -0.119. The van der Waals surface area contributed by atoms with Gasteiger partial charge < -0.3 is 15.2 Å². The molecule has 0 radical (unpaired) electrons. The highest BCUT2D eigenvalue weighted by Gasteiger charge is 2.24. The number of benzene rings is 1. The van der Waals surface area contributed by atoms with Crippen molar-refractivity contribution in [2.45, 2.75) is 38.8 Å². The molecular formula is C16H21NO3. The van der Waals surface area contributed by atoms with Crippen LogP contribution in [0.15, 0.2) is 24.3 Å². The van der Waals surface area contributed by atoms with E-state index in [1.807, 2.05) is 18.2 Å². The van der Waals surface area contributed by atoms with Gasteiger partial charge in [-0.2, -0.15) is 0 Å². The summed E-state index contributed by atoms with van der Waals surface area (Å²) < 4.78 is 5.44. The summed E-state index contributed by atoms with van der Waals surface area (Å²) in [6.45, 7) is 5.96. The van der Waals surface area contributed by atoms with Crippen molar-refractivity contribution in [1.29, 1.82) is 0 Å². The first-order valence-electron chi connectivity index (χ1n) is 6.82. The van der Waals surface area contributed by atoms with Gasteiger partial charge in [0, 0.05) is 12.5 Å². The van der Waals surface area contributed by atoms with Crippen molar-refractivity contribution < 1.29 is 14.6 Å². The topological polar surface area (TPSA) is 58.6 Å². The Kier molecular flexibility index (Phi) is 4.14. The predicted molar refractivity (Wildman–Crippen MR) is 78.6 cm³/mol. The van der Waals surface area contributed by atoms with E-state index < -0.39 is 11.6 Å². The Hall–Kier alpha value is -1.81. The van der Waals surface area contributed by atoms with Crippen LogP contribution in [0.2, 0.25) is 0 Å². The van der Waals surface area contributed by atoms with Gasteiger partial charge in [-0.1, -0.05) is 6.07 Å². The van der Waals surface area contributed by atoms with Gasteiger partial charge in [0.15, 0.2) is 0 Å². The Morgan fingerprint density at radius 2 is 2.25 bits per heavy atom. The molecule has 0 bridgehead atoms. The molecule has 1 heterocycles. The third kappa shape index (κ3) is 3.39. The maximum Gasteiger partial charge on any atom is 0.244 e. The largest absolute Gasteiger partial charge is 0.493 e. The normalized spacial score (nSPS) is 15.8. The van der Waals surface area contributed by atoms with Gasteiger partial charge in [0.1, 0.15) is 5.75 Å². The van der Waals surface area contributed by atoms with Crippen molar-refractivity contribution in [3.8, 4) is 5.75 Å². The van der Waals surface area contributed by atoms with E-state index in [1.165, 1.54) is 11.6 Å². The van der Waals surface area contributed by atoms with Gasteiger partial charge >= 0.3 is 0 Å². The molecule has 4 heteroatoms. The lowest BCUT2D eigenvalue weighted by atomic mass is 9.99. The number of aliphatic hydroxyl groups excluding tert-OH is 1. The maximum atomic E-state index is 11.8. The molecule has 2 rings (SSSR count). The SMILES string of the molecule is CC(O)C(C)(C)NC(=O)/C=C/c1ccc2c(c1)CCO2. The molecule has 0 aliphatic carbocycles. The molecule has 0 saturated heterocycles. The minimum Gasteiger partial charge on any atom is -0.493 e. The molecule has 0 aromatic heterocycles. The summed E-state index contributed by atoms with van der Waals surface area (Å²) in [5, 5.41) is 12.3. The zero-order valence-corrected chi connectivity index (χ0v) is 12.1. The minimum atomic E-state index is -0.646. The van der Waals surface area contributed by atoms with Crippen molar-refractivity contribution in [1.82, 2.24) is 5.32 Å². The Morgan fingerprint density at radius 1 is 1.50 bits per heavy atom. The number of ether oxygens (including phenoxy) is 1. The van der Waals surface area contributed by atoms with Crippen molar-refractivity contribution in [2.24, 2.45) is 0 Å². The van der Waals surface area contributed by atoms with E-state index >= 15 is 0 Å². The molecular weight excluding hydrogens is 254 g/mol. The van der Waals surface area contributed by atoms with E-state index in [-0.39, 0.29) is 5.91 Å². The molecule has 1 aliphatic heterocycles. The molecule has 0 saturated carbocycles. The fourth-order valence-electron chi connectivity index (χ4n) is 1.95. The molecule has 0 fully saturated rings. The summed E-state index contributed by atoms with van der Waals surface area (Å²) in [5.41, 5.74) is 1.50. The van der Waals surface area contributed by atoms with Gasteiger partial charge in [-0.3, -0.25) is 4.79 Å². The Labute approximate surface area is 119 Å². The number of aliphatic hydroxyl groups is 1. The summed E-state index contributed by atoms with van der Waals surface area (Å²) in [4.78, 5) is 11.8. The molecule has 1 unspecified atom stereocenters. The Bertz CT molecular complexity index is 533. The Balaban J connectivity index is 2.01. The summed E-state index contributed by atoms with van der Waals surface area (Å²) in [7, 11) is 0. The number of rotatable bonds is 4. The molecule has 1 amide bonds. The second-order valence-electron chi connectivity index (χ2n) is 5.69. The van der Waals surface area contributed by atoms with Crippen molar-refractivity contribution in [3.05, 3.63) is 35.4 Å². The highest BCUT2D eigenvalue weighted by atomic mass is 16.5. The van der Waals surface area contributed by atoms with Crippen molar-refractivity contribution >= 4 is 12.0 Å². The highest BCUT2D eigenvalue weighted by Crippen LogP contribution is 2.26. The number of nitrogens with one attached hydrogen (secondary N) is 1.